The molecule has 0 radical (unpaired) electrons. The van der Waals surface area contributed by atoms with Gasteiger partial charge in [0, 0.05) is 55.7 Å². The van der Waals surface area contributed by atoms with Crippen LogP contribution in [0.15, 0.2) is 29.2 Å². The van der Waals surface area contributed by atoms with Crippen molar-refractivity contribution in [1.82, 2.24) is 19.9 Å². The molecule has 0 spiro atoms. The standard InChI is InChI=1S/C22H29N5O/c1-2-18-13-21(28)25-22(24-18)17-5-6-20(23-14-17)27-9-7-26(8-10-27)19-12-15-3-4-16(19)11-15/h5-6,13-16,19H,2-4,7-12H2,1H3,(H,24,25,28). The zero-order chi connectivity index (χ0) is 19.1. The van der Waals surface area contributed by atoms with Crippen LogP contribution >= 0.6 is 0 Å². The van der Waals surface area contributed by atoms with Crippen LogP contribution in [0, 0.1) is 11.8 Å². The first-order chi connectivity index (χ1) is 13.7. The Hall–Kier alpha value is -2.21. The van der Waals surface area contributed by atoms with Crippen LogP contribution in [0.5, 0.6) is 0 Å². The zero-order valence-electron chi connectivity index (χ0n) is 16.6. The van der Waals surface area contributed by atoms with Crippen LogP contribution in [-0.4, -0.2) is 52.1 Å². The van der Waals surface area contributed by atoms with Crippen molar-refractivity contribution < 1.29 is 0 Å². The van der Waals surface area contributed by atoms with Gasteiger partial charge in [-0.15, -0.1) is 0 Å². The number of hydrogen-bond donors (Lipinski definition) is 1. The minimum absolute atomic E-state index is 0.109. The number of fused-ring (bicyclic) bond motifs is 2. The van der Waals surface area contributed by atoms with Gasteiger partial charge in [-0.05, 0) is 49.7 Å². The van der Waals surface area contributed by atoms with Gasteiger partial charge in [-0.25, -0.2) is 9.97 Å². The van der Waals surface area contributed by atoms with Crippen LogP contribution in [0.3, 0.4) is 0 Å². The van der Waals surface area contributed by atoms with Gasteiger partial charge in [-0.2, -0.15) is 0 Å². The van der Waals surface area contributed by atoms with Crippen LogP contribution in [-0.2, 0) is 6.42 Å². The van der Waals surface area contributed by atoms with E-state index in [4.69, 9.17) is 0 Å². The molecule has 3 atom stereocenters. The van der Waals surface area contributed by atoms with Gasteiger partial charge >= 0.3 is 0 Å². The van der Waals surface area contributed by atoms with Gasteiger partial charge in [0.15, 0.2) is 0 Å². The molecule has 6 nitrogen and oxygen atoms in total. The molecular weight excluding hydrogens is 350 g/mol. The summed E-state index contributed by atoms with van der Waals surface area (Å²) in [5, 5.41) is 0. The Morgan fingerprint density at radius 3 is 2.64 bits per heavy atom. The maximum atomic E-state index is 11.8. The van der Waals surface area contributed by atoms with E-state index in [0.717, 1.165) is 67.6 Å². The van der Waals surface area contributed by atoms with E-state index in [1.54, 1.807) is 6.07 Å². The molecule has 2 aliphatic carbocycles. The quantitative estimate of drug-likeness (QED) is 0.885. The second-order valence-corrected chi connectivity index (χ2v) is 8.61. The second-order valence-electron chi connectivity index (χ2n) is 8.61. The van der Waals surface area contributed by atoms with E-state index in [2.05, 4.69) is 30.8 Å². The van der Waals surface area contributed by atoms with Crippen LogP contribution in [0.25, 0.3) is 11.4 Å². The summed E-state index contributed by atoms with van der Waals surface area (Å²) in [6.07, 6.45) is 8.40. The average molecular weight is 380 g/mol. The summed E-state index contributed by atoms with van der Waals surface area (Å²) in [4.78, 5) is 28.9. The van der Waals surface area contributed by atoms with Crippen molar-refractivity contribution in [2.75, 3.05) is 31.1 Å². The molecule has 2 aromatic rings. The van der Waals surface area contributed by atoms with Gasteiger partial charge in [0.2, 0.25) is 0 Å². The van der Waals surface area contributed by atoms with Crippen molar-refractivity contribution in [3.63, 3.8) is 0 Å². The molecule has 1 aliphatic heterocycles. The van der Waals surface area contributed by atoms with Gasteiger partial charge in [0.1, 0.15) is 11.6 Å². The number of aryl methyl sites for hydroxylation is 1. The fourth-order valence-corrected chi connectivity index (χ4v) is 5.48. The van der Waals surface area contributed by atoms with Gasteiger partial charge in [-0.3, -0.25) is 9.69 Å². The van der Waals surface area contributed by atoms with E-state index in [-0.39, 0.29) is 5.56 Å². The molecule has 2 aromatic heterocycles. The molecule has 28 heavy (non-hydrogen) atoms. The Bertz CT molecular complexity index is 885. The van der Waals surface area contributed by atoms with Crippen molar-refractivity contribution in [3.8, 4) is 11.4 Å². The highest BCUT2D eigenvalue weighted by Crippen LogP contribution is 2.46. The van der Waals surface area contributed by atoms with E-state index in [0.29, 0.717) is 5.82 Å². The minimum atomic E-state index is -0.109. The van der Waals surface area contributed by atoms with E-state index < -0.39 is 0 Å². The van der Waals surface area contributed by atoms with Crippen LogP contribution in [0.2, 0.25) is 0 Å². The maximum absolute atomic E-state index is 11.8. The van der Waals surface area contributed by atoms with Crippen molar-refractivity contribution in [2.45, 2.75) is 45.1 Å². The van der Waals surface area contributed by atoms with E-state index in [1.807, 2.05) is 19.2 Å². The highest BCUT2D eigenvalue weighted by Gasteiger charge is 2.42. The highest BCUT2D eigenvalue weighted by atomic mass is 16.1. The second kappa shape index (κ2) is 7.32. The van der Waals surface area contributed by atoms with Gasteiger partial charge < -0.3 is 9.88 Å². The number of aromatic nitrogens is 3. The first-order valence-electron chi connectivity index (χ1n) is 10.8. The number of H-pyrrole nitrogens is 1. The predicted octanol–water partition coefficient (Wildman–Crippen LogP) is 2.70. The molecule has 1 N–H and O–H groups in total. The topological polar surface area (TPSA) is 65.1 Å². The summed E-state index contributed by atoms with van der Waals surface area (Å²) < 4.78 is 0. The maximum Gasteiger partial charge on any atom is 0.251 e. The number of rotatable bonds is 4. The highest BCUT2D eigenvalue weighted by molar-refractivity contribution is 5.56. The molecule has 3 unspecified atom stereocenters. The first kappa shape index (κ1) is 17.9. The molecule has 2 bridgehead atoms. The lowest BCUT2D eigenvalue weighted by molar-refractivity contribution is 0.134. The van der Waals surface area contributed by atoms with Crippen LogP contribution in [0.1, 0.15) is 38.3 Å². The fourth-order valence-electron chi connectivity index (χ4n) is 5.48. The van der Waals surface area contributed by atoms with E-state index in [9.17, 15) is 4.79 Å². The Labute approximate surface area is 166 Å². The lowest BCUT2D eigenvalue weighted by atomic mass is 9.93. The van der Waals surface area contributed by atoms with Gasteiger partial charge in [-0.1, -0.05) is 13.3 Å². The summed E-state index contributed by atoms with van der Waals surface area (Å²) in [6, 6.07) is 6.47. The van der Waals surface area contributed by atoms with Crippen molar-refractivity contribution in [3.05, 3.63) is 40.4 Å². The lowest BCUT2D eigenvalue weighted by Gasteiger charge is -2.41. The number of pyridine rings is 1. The first-order valence-corrected chi connectivity index (χ1v) is 10.8. The SMILES string of the molecule is CCc1cc(=O)[nH]c(-c2ccc(N3CCN(C4CC5CCC4C5)CC3)nc2)n1. The van der Waals surface area contributed by atoms with Crippen LogP contribution in [0.4, 0.5) is 5.82 Å². The number of aromatic amines is 1. The predicted molar refractivity (Wildman–Crippen MR) is 110 cm³/mol. The minimum Gasteiger partial charge on any atom is -0.354 e. The molecule has 3 heterocycles. The fraction of sp³-hybridized carbons (Fsp3) is 0.591. The molecule has 148 valence electrons. The number of nitrogens with zero attached hydrogens (tertiary/aromatic N) is 4. The van der Waals surface area contributed by atoms with Gasteiger partial charge in [0.25, 0.3) is 5.56 Å². The Morgan fingerprint density at radius 2 is 2.00 bits per heavy atom. The summed E-state index contributed by atoms with van der Waals surface area (Å²) in [5.41, 5.74) is 1.55. The molecule has 1 saturated heterocycles. The molecule has 0 amide bonds. The number of piperazine rings is 1. The Balaban J connectivity index is 1.24. The van der Waals surface area contributed by atoms with Crippen molar-refractivity contribution in [1.29, 1.82) is 0 Å². The number of nitrogens with one attached hydrogen (secondary N) is 1. The molecule has 3 fully saturated rings. The van der Waals surface area contributed by atoms with Crippen molar-refractivity contribution >= 4 is 5.82 Å². The molecule has 3 aliphatic rings. The van der Waals surface area contributed by atoms with Crippen LogP contribution < -0.4 is 10.5 Å². The number of anilines is 1. The van der Waals surface area contributed by atoms with Gasteiger partial charge in [0.05, 0.1) is 0 Å². The summed E-state index contributed by atoms with van der Waals surface area (Å²) in [7, 11) is 0. The van der Waals surface area contributed by atoms with E-state index >= 15 is 0 Å². The average Bonchev–Trinajstić information content (AvgIpc) is 3.37. The molecule has 6 heteroatoms. The van der Waals surface area contributed by atoms with E-state index in [1.165, 1.54) is 25.7 Å². The normalized spacial score (nSPS) is 27.5. The smallest absolute Gasteiger partial charge is 0.251 e. The number of hydrogen-bond acceptors (Lipinski definition) is 5. The monoisotopic (exact) mass is 379 g/mol. The molecule has 5 rings (SSSR count). The summed E-state index contributed by atoms with van der Waals surface area (Å²) in [6.45, 7) is 6.37. The third-order valence-electron chi connectivity index (χ3n) is 6.99. The summed E-state index contributed by atoms with van der Waals surface area (Å²) >= 11 is 0. The Kier molecular flexibility index (Phi) is 4.67. The molecule has 0 aromatic carbocycles. The van der Waals surface area contributed by atoms with Crippen molar-refractivity contribution in [2.24, 2.45) is 11.8 Å². The lowest BCUT2D eigenvalue weighted by Crippen LogP contribution is -2.52. The Morgan fingerprint density at radius 1 is 1.14 bits per heavy atom. The third-order valence-corrected chi connectivity index (χ3v) is 6.99. The summed E-state index contributed by atoms with van der Waals surface area (Å²) in [5.74, 6) is 3.59. The third kappa shape index (κ3) is 3.34. The largest absolute Gasteiger partial charge is 0.354 e. The molecular formula is C22H29N5O. The molecule has 2 saturated carbocycles. The zero-order valence-corrected chi connectivity index (χ0v) is 16.6.